The van der Waals surface area contributed by atoms with Gasteiger partial charge in [0.2, 0.25) is 0 Å². The number of furan rings is 1. The molecule has 0 aliphatic rings. The van der Waals surface area contributed by atoms with Crippen molar-refractivity contribution in [2.24, 2.45) is 0 Å². The number of rotatable bonds is 7. The van der Waals surface area contributed by atoms with Crippen LogP contribution in [-0.2, 0) is 0 Å². The highest BCUT2D eigenvalue weighted by molar-refractivity contribution is 6.68. The van der Waals surface area contributed by atoms with Crippen LogP contribution in [0.1, 0.15) is 0 Å². The molecule has 8 aromatic carbocycles. The molecule has 0 spiro atoms. The van der Waals surface area contributed by atoms with Gasteiger partial charge in [-0.1, -0.05) is 120 Å². The summed E-state index contributed by atoms with van der Waals surface area (Å²) >= 11 is 0. The van der Waals surface area contributed by atoms with Crippen LogP contribution < -0.4 is 27.3 Å². The largest absolute Gasteiger partial charge is 0.456 e. The summed E-state index contributed by atoms with van der Waals surface area (Å²) in [5.74, 6) is 0.916. The molecule has 3 nitrogen and oxygen atoms in total. The zero-order valence-corrected chi connectivity index (χ0v) is 38.7. The van der Waals surface area contributed by atoms with E-state index in [0.717, 1.165) is 66.6 Å². The summed E-state index contributed by atoms with van der Waals surface area (Å²) in [6.45, 7) is 4.28. The van der Waals surface area contributed by atoms with Gasteiger partial charge < -0.3 is 8.98 Å². The molecule has 294 valence electrons. The van der Waals surface area contributed by atoms with Crippen LogP contribution in [0.5, 0.6) is 0 Å². The minimum atomic E-state index is 0.888. The van der Waals surface area contributed by atoms with Gasteiger partial charge in [0.05, 0.1) is 11.0 Å². The Morgan fingerprint density at radius 2 is 1.02 bits per heavy atom. The van der Waals surface area contributed by atoms with E-state index in [9.17, 15) is 0 Å². The Morgan fingerprint density at radius 1 is 0.469 bits per heavy atom. The van der Waals surface area contributed by atoms with Crippen molar-refractivity contribution in [1.82, 2.24) is 9.55 Å². The van der Waals surface area contributed by atoms with Crippen molar-refractivity contribution >= 4 is 166 Å². The number of hydrogen-bond acceptors (Lipinski definition) is 2. The number of allylic oxidation sites excluding steroid dienone is 4. The lowest BCUT2D eigenvalue weighted by molar-refractivity contribution is 0.669. The Bertz CT molecular complexity index is 3680. The summed E-state index contributed by atoms with van der Waals surface area (Å²) in [6, 6.07) is 48.5. The fourth-order valence-corrected chi connectivity index (χ4v) is 10.3. The van der Waals surface area contributed by atoms with E-state index in [0.29, 0.717) is 0 Å². The first kappa shape index (κ1) is 41.4. The van der Waals surface area contributed by atoms with E-state index in [1.807, 2.05) is 0 Å². The number of benzene rings is 8. The van der Waals surface area contributed by atoms with E-state index in [1.165, 1.54) is 87.5 Å². The standard InChI is InChI=1S/C51H44B10N2O/c1-24(52)42(53)45(56)49(60)50(61)63-35-18-8-7-17-34(35)62-51(63)30-14-5-4-13-28(30)39-26-11-2-3-12-27(26)40(32-16-10-20-37-41(32)31-15-6-9-19-36(31)64-37)33-23-25(21-22-29(33)39)38-43(54)46(57)48(59)47(58)44(38)55/h2-23H,1,52-61H2/b45-42-,50-49-. The molecule has 0 saturated heterocycles. The van der Waals surface area contributed by atoms with E-state index < -0.39 is 0 Å². The van der Waals surface area contributed by atoms with Crippen molar-refractivity contribution in [3.63, 3.8) is 0 Å². The minimum Gasteiger partial charge on any atom is -0.456 e. The number of fused-ring (bicyclic) bond motifs is 6. The molecule has 13 heteroatoms. The molecule has 0 aliphatic heterocycles. The third-order valence-electron chi connectivity index (χ3n) is 14.6. The Balaban J connectivity index is 1.35. The van der Waals surface area contributed by atoms with E-state index in [2.05, 4.69) is 223 Å². The van der Waals surface area contributed by atoms with Crippen LogP contribution in [0.2, 0.25) is 0 Å². The Kier molecular flexibility index (Phi) is 10.3. The first-order valence-electron chi connectivity index (χ1n) is 22.4. The zero-order valence-electron chi connectivity index (χ0n) is 38.7. The minimum absolute atomic E-state index is 0.888. The maximum atomic E-state index is 6.55. The molecule has 0 bridgehead atoms. The summed E-state index contributed by atoms with van der Waals surface area (Å²) in [6.07, 6.45) is 0. The summed E-state index contributed by atoms with van der Waals surface area (Å²) < 4.78 is 8.92. The lowest BCUT2D eigenvalue weighted by Crippen LogP contribution is -2.55. The second kappa shape index (κ2) is 15.9. The second-order valence-electron chi connectivity index (χ2n) is 17.9. The quantitative estimate of drug-likeness (QED) is 0.131. The first-order chi connectivity index (χ1) is 30.9. The number of hydrogen-bond donors (Lipinski definition) is 0. The summed E-state index contributed by atoms with van der Waals surface area (Å²) in [7, 11) is 22.3. The SMILES string of the molecule is BC(=C)/C(B)=C(B)\C(B)=C(/B)n1c(-c2ccccc2-c2c3ccccc3c(-c3cccc4oc5ccccc5c34)c3cc(-c4c(B)c(B)c(B)c(B)c4B)ccc23)nc2ccccc21. The van der Waals surface area contributed by atoms with Crippen molar-refractivity contribution in [3.05, 3.63) is 162 Å². The normalized spacial score (nSPS) is 12.6. The topological polar surface area (TPSA) is 31.0 Å². The Hall–Kier alpha value is -6.58. The second-order valence-corrected chi connectivity index (χ2v) is 17.9. The van der Waals surface area contributed by atoms with Gasteiger partial charge in [0.1, 0.15) is 87.6 Å². The van der Waals surface area contributed by atoms with E-state index >= 15 is 0 Å². The summed E-state index contributed by atoms with van der Waals surface area (Å²) in [4.78, 5) is 5.48. The summed E-state index contributed by atoms with van der Waals surface area (Å²) in [5, 5.41) is 7.02. The number of para-hydroxylation sites is 3. The number of aromatic nitrogens is 2. The molecule has 0 saturated carbocycles. The molecule has 0 unspecified atom stereocenters. The van der Waals surface area contributed by atoms with Crippen LogP contribution in [-0.4, -0.2) is 88.0 Å². The van der Waals surface area contributed by atoms with Gasteiger partial charge in [0, 0.05) is 16.3 Å². The monoisotopic (exact) mass is 810 g/mol. The molecule has 10 rings (SSSR count). The van der Waals surface area contributed by atoms with Crippen molar-refractivity contribution < 1.29 is 4.42 Å². The maximum absolute atomic E-state index is 6.55. The smallest absolute Gasteiger partial charge is 0.160 e. The van der Waals surface area contributed by atoms with Crippen molar-refractivity contribution in [2.45, 2.75) is 0 Å². The van der Waals surface area contributed by atoms with Crippen molar-refractivity contribution in [1.29, 1.82) is 0 Å². The van der Waals surface area contributed by atoms with Gasteiger partial charge in [-0.3, -0.25) is 0 Å². The first-order valence-corrected chi connectivity index (χ1v) is 22.4. The highest BCUT2D eigenvalue weighted by Crippen LogP contribution is 2.49. The molecule has 0 amide bonds. The third kappa shape index (κ3) is 6.38. The van der Waals surface area contributed by atoms with Gasteiger partial charge in [-0.05, 0) is 90.9 Å². The Labute approximate surface area is 384 Å². The highest BCUT2D eigenvalue weighted by atomic mass is 16.3. The van der Waals surface area contributed by atoms with Crippen LogP contribution >= 0.6 is 0 Å². The van der Waals surface area contributed by atoms with Gasteiger partial charge in [-0.2, -0.15) is 0 Å². The molecule has 0 atom stereocenters. The van der Waals surface area contributed by atoms with Crippen LogP contribution in [0.25, 0.3) is 105 Å². The molecule has 0 N–H and O–H groups in total. The van der Waals surface area contributed by atoms with Gasteiger partial charge in [0.15, 0.2) is 7.85 Å². The van der Waals surface area contributed by atoms with E-state index in [4.69, 9.17) is 9.40 Å². The van der Waals surface area contributed by atoms with Crippen LogP contribution in [0.4, 0.5) is 0 Å². The van der Waals surface area contributed by atoms with E-state index in [-0.39, 0.29) is 0 Å². The number of nitrogens with zero attached hydrogens (tertiary/aromatic N) is 2. The predicted molar refractivity (Wildman–Crippen MR) is 307 cm³/mol. The summed E-state index contributed by atoms with van der Waals surface area (Å²) in [5.41, 5.74) is 24.7. The molecule has 2 heterocycles. The van der Waals surface area contributed by atoms with E-state index in [1.54, 1.807) is 0 Å². The third-order valence-corrected chi connectivity index (χ3v) is 14.6. The average Bonchev–Trinajstić information content (AvgIpc) is 3.90. The van der Waals surface area contributed by atoms with Gasteiger partial charge in [-0.15, -0.1) is 39.4 Å². The fourth-order valence-electron chi connectivity index (χ4n) is 10.3. The molecule has 0 fully saturated rings. The lowest BCUT2D eigenvalue weighted by Gasteiger charge is -2.23. The van der Waals surface area contributed by atoms with Crippen LogP contribution in [0, 0.1) is 0 Å². The average molecular weight is 809 g/mol. The lowest BCUT2D eigenvalue weighted by atomic mass is 9.59. The predicted octanol–water partition coefficient (Wildman–Crippen LogP) is 0.219. The molecular weight excluding hydrogens is 765 g/mol. The number of imidazole rings is 1. The molecule has 0 aliphatic carbocycles. The van der Waals surface area contributed by atoms with Gasteiger partial charge >= 0.3 is 0 Å². The highest BCUT2D eigenvalue weighted by Gasteiger charge is 2.25. The molecular formula is C51H44B10N2O. The zero-order chi connectivity index (χ0) is 44.7. The maximum Gasteiger partial charge on any atom is 0.160 e. The molecule has 64 heavy (non-hydrogen) atoms. The van der Waals surface area contributed by atoms with Crippen molar-refractivity contribution in [2.75, 3.05) is 0 Å². The van der Waals surface area contributed by atoms with Crippen molar-refractivity contribution in [3.8, 4) is 44.8 Å². The van der Waals surface area contributed by atoms with Gasteiger partial charge in [-0.25, -0.2) is 4.98 Å². The molecule has 10 aromatic rings. The van der Waals surface area contributed by atoms with Crippen LogP contribution in [0.3, 0.4) is 0 Å². The molecule has 0 radical (unpaired) electrons. The molecule has 2 aromatic heterocycles. The van der Waals surface area contributed by atoms with Crippen LogP contribution in [0.15, 0.2) is 166 Å². The fraction of sp³-hybridized carbons (Fsp3) is 0. The van der Waals surface area contributed by atoms with Gasteiger partial charge in [0.25, 0.3) is 0 Å². The Morgan fingerprint density at radius 3 is 1.72 bits per heavy atom.